The van der Waals surface area contributed by atoms with E-state index in [4.69, 9.17) is 9.26 Å². The summed E-state index contributed by atoms with van der Waals surface area (Å²) in [6.45, 7) is 6.53. The third-order valence-electron chi connectivity index (χ3n) is 3.94. The molecule has 0 bridgehead atoms. The minimum atomic E-state index is -0.101. The van der Waals surface area contributed by atoms with Crippen molar-refractivity contribution in [1.82, 2.24) is 20.4 Å². The van der Waals surface area contributed by atoms with Gasteiger partial charge in [-0.1, -0.05) is 41.6 Å². The van der Waals surface area contributed by atoms with Gasteiger partial charge in [-0.3, -0.25) is 4.79 Å². The number of carbonyl (C=O) groups is 1. The first-order valence-electron chi connectivity index (χ1n) is 8.35. The predicted molar refractivity (Wildman–Crippen MR) is 92.6 cm³/mol. The van der Waals surface area contributed by atoms with E-state index in [1.807, 2.05) is 30.3 Å². The van der Waals surface area contributed by atoms with E-state index >= 15 is 0 Å². The molecule has 1 atom stereocenters. The number of aromatic nitrogens is 2. The molecule has 0 unspecified atom stereocenters. The Morgan fingerprint density at radius 1 is 1.40 bits per heavy atom. The van der Waals surface area contributed by atoms with Gasteiger partial charge in [0.15, 0.2) is 0 Å². The van der Waals surface area contributed by atoms with Gasteiger partial charge in [0.05, 0.1) is 19.1 Å². The molecule has 0 saturated carbocycles. The standard InChI is InChI=1S/C18H22N4O3/c1-2-9-22(17(23)11-15-12-19-8-10-24-15)13-16-20-18(21-25-16)14-6-4-3-5-7-14/h2-7,15,19H,1,8-13H2/t15-/m1/s1. The number of hydrogen-bond acceptors (Lipinski definition) is 6. The molecule has 2 aromatic rings. The zero-order chi connectivity index (χ0) is 17.5. The van der Waals surface area contributed by atoms with Crippen molar-refractivity contribution in [3.63, 3.8) is 0 Å². The largest absolute Gasteiger partial charge is 0.375 e. The van der Waals surface area contributed by atoms with Gasteiger partial charge in [0.2, 0.25) is 17.6 Å². The van der Waals surface area contributed by atoms with Crippen molar-refractivity contribution in [1.29, 1.82) is 0 Å². The van der Waals surface area contributed by atoms with Gasteiger partial charge in [0.1, 0.15) is 6.54 Å². The second-order valence-corrected chi connectivity index (χ2v) is 5.84. The molecular formula is C18H22N4O3. The van der Waals surface area contributed by atoms with Gasteiger partial charge in [-0.2, -0.15) is 4.98 Å². The van der Waals surface area contributed by atoms with Gasteiger partial charge in [-0.25, -0.2) is 0 Å². The first-order valence-corrected chi connectivity index (χ1v) is 8.35. The fraction of sp³-hybridized carbons (Fsp3) is 0.389. The molecule has 0 radical (unpaired) electrons. The lowest BCUT2D eigenvalue weighted by Gasteiger charge is -2.26. The molecule has 1 aliphatic rings. The Morgan fingerprint density at radius 3 is 2.96 bits per heavy atom. The van der Waals surface area contributed by atoms with Crippen molar-refractivity contribution in [2.24, 2.45) is 0 Å². The van der Waals surface area contributed by atoms with E-state index in [1.165, 1.54) is 0 Å². The van der Waals surface area contributed by atoms with Crippen LogP contribution >= 0.6 is 0 Å². The average Bonchev–Trinajstić information content (AvgIpc) is 3.11. The van der Waals surface area contributed by atoms with Crippen molar-refractivity contribution < 1.29 is 14.1 Å². The fourth-order valence-corrected chi connectivity index (χ4v) is 2.67. The number of benzene rings is 1. The normalized spacial score (nSPS) is 17.2. The summed E-state index contributed by atoms with van der Waals surface area (Å²) in [5, 5.41) is 7.22. The van der Waals surface area contributed by atoms with Crippen LogP contribution in [0.4, 0.5) is 0 Å². The minimum absolute atomic E-state index is 0.0203. The molecule has 0 spiro atoms. The molecule has 132 valence electrons. The summed E-state index contributed by atoms with van der Waals surface area (Å²) in [6, 6.07) is 9.58. The fourth-order valence-electron chi connectivity index (χ4n) is 2.67. The topological polar surface area (TPSA) is 80.5 Å². The minimum Gasteiger partial charge on any atom is -0.375 e. The van der Waals surface area contributed by atoms with Crippen molar-refractivity contribution in [3.05, 3.63) is 48.9 Å². The van der Waals surface area contributed by atoms with Gasteiger partial charge in [0.25, 0.3) is 0 Å². The van der Waals surface area contributed by atoms with E-state index in [0.717, 1.165) is 12.1 Å². The molecule has 2 heterocycles. The number of rotatable bonds is 7. The Bertz CT molecular complexity index is 695. The average molecular weight is 342 g/mol. The van der Waals surface area contributed by atoms with Gasteiger partial charge in [-0.15, -0.1) is 6.58 Å². The van der Waals surface area contributed by atoms with Crippen LogP contribution in [0, 0.1) is 0 Å². The Balaban J connectivity index is 1.64. The van der Waals surface area contributed by atoms with E-state index in [1.54, 1.807) is 11.0 Å². The molecule has 1 saturated heterocycles. The summed E-state index contributed by atoms with van der Waals surface area (Å²) in [4.78, 5) is 18.6. The Hall–Kier alpha value is -2.51. The predicted octanol–water partition coefficient (Wildman–Crippen LogP) is 1.63. The Morgan fingerprint density at radius 2 is 2.24 bits per heavy atom. The molecule has 25 heavy (non-hydrogen) atoms. The molecule has 0 aliphatic carbocycles. The van der Waals surface area contributed by atoms with Crippen LogP contribution in [0.25, 0.3) is 11.4 Å². The van der Waals surface area contributed by atoms with Crippen LogP contribution in [0.2, 0.25) is 0 Å². The SMILES string of the molecule is C=CCN(Cc1nc(-c2ccccc2)no1)C(=O)C[C@@H]1CNCCO1. The third-order valence-corrected chi connectivity index (χ3v) is 3.94. The maximum absolute atomic E-state index is 12.6. The van der Waals surface area contributed by atoms with Crippen LogP contribution in [0.1, 0.15) is 12.3 Å². The van der Waals surface area contributed by atoms with Crippen LogP contribution in [0.15, 0.2) is 47.5 Å². The van der Waals surface area contributed by atoms with Gasteiger partial charge < -0.3 is 19.5 Å². The number of ether oxygens (including phenoxy) is 1. The summed E-state index contributed by atoms with van der Waals surface area (Å²) in [5.41, 5.74) is 0.876. The lowest BCUT2D eigenvalue weighted by atomic mass is 10.2. The summed E-state index contributed by atoms with van der Waals surface area (Å²) in [6.07, 6.45) is 1.91. The van der Waals surface area contributed by atoms with Gasteiger partial charge >= 0.3 is 0 Å². The Labute approximate surface area is 146 Å². The molecule has 3 rings (SSSR count). The Kier molecular flexibility index (Phi) is 5.92. The maximum atomic E-state index is 12.6. The summed E-state index contributed by atoms with van der Waals surface area (Å²) in [7, 11) is 0. The highest BCUT2D eigenvalue weighted by Crippen LogP contribution is 2.16. The molecule has 1 amide bonds. The number of morpholine rings is 1. The first-order chi connectivity index (χ1) is 12.3. The molecule has 1 aromatic carbocycles. The summed E-state index contributed by atoms with van der Waals surface area (Å²) >= 11 is 0. The number of carbonyl (C=O) groups excluding carboxylic acids is 1. The third kappa shape index (κ3) is 4.74. The number of amides is 1. The summed E-state index contributed by atoms with van der Waals surface area (Å²) in [5.74, 6) is 0.895. The van der Waals surface area contributed by atoms with Crippen LogP contribution < -0.4 is 5.32 Å². The number of nitrogens with one attached hydrogen (secondary N) is 1. The zero-order valence-electron chi connectivity index (χ0n) is 14.1. The first kappa shape index (κ1) is 17.3. The summed E-state index contributed by atoms with van der Waals surface area (Å²) < 4.78 is 10.9. The van der Waals surface area contributed by atoms with Crippen LogP contribution in [-0.4, -0.2) is 53.3 Å². The van der Waals surface area contributed by atoms with Crippen molar-refractivity contribution in [2.75, 3.05) is 26.2 Å². The van der Waals surface area contributed by atoms with Gasteiger partial charge in [-0.05, 0) is 0 Å². The van der Waals surface area contributed by atoms with Crippen molar-refractivity contribution >= 4 is 5.91 Å². The van der Waals surface area contributed by atoms with E-state index in [-0.39, 0.29) is 18.6 Å². The van der Waals surface area contributed by atoms with E-state index in [9.17, 15) is 4.79 Å². The molecule has 1 N–H and O–H groups in total. The second kappa shape index (κ2) is 8.55. The molecular weight excluding hydrogens is 320 g/mol. The number of nitrogens with zero attached hydrogens (tertiary/aromatic N) is 3. The molecule has 7 nitrogen and oxygen atoms in total. The second-order valence-electron chi connectivity index (χ2n) is 5.84. The van der Waals surface area contributed by atoms with Crippen LogP contribution in [0.3, 0.4) is 0 Å². The highest BCUT2D eigenvalue weighted by atomic mass is 16.5. The zero-order valence-corrected chi connectivity index (χ0v) is 14.1. The van der Waals surface area contributed by atoms with E-state index < -0.39 is 0 Å². The van der Waals surface area contributed by atoms with E-state index in [0.29, 0.717) is 37.8 Å². The molecule has 1 aromatic heterocycles. The van der Waals surface area contributed by atoms with Crippen LogP contribution in [0.5, 0.6) is 0 Å². The lowest BCUT2D eigenvalue weighted by molar-refractivity contribution is -0.135. The molecule has 1 fully saturated rings. The quantitative estimate of drug-likeness (QED) is 0.771. The maximum Gasteiger partial charge on any atom is 0.246 e. The number of hydrogen-bond donors (Lipinski definition) is 1. The smallest absolute Gasteiger partial charge is 0.246 e. The van der Waals surface area contributed by atoms with Crippen LogP contribution in [-0.2, 0) is 16.1 Å². The van der Waals surface area contributed by atoms with Crippen molar-refractivity contribution in [2.45, 2.75) is 19.1 Å². The molecule has 1 aliphatic heterocycles. The van der Waals surface area contributed by atoms with Gasteiger partial charge in [0, 0.05) is 25.2 Å². The lowest BCUT2D eigenvalue weighted by Crippen LogP contribution is -2.42. The van der Waals surface area contributed by atoms with Crippen molar-refractivity contribution in [3.8, 4) is 11.4 Å². The van der Waals surface area contributed by atoms with E-state index in [2.05, 4.69) is 22.0 Å². The monoisotopic (exact) mass is 342 g/mol. The highest BCUT2D eigenvalue weighted by molar-refractivity contribution is 5.76. The molecule has 7 heteroatoms. The highest BCUT2D eigenvalue weighted by Gasteiger charge is 2.22.